The lowest BCUT2D eigenvalue weighted by atomic mass is 10.0. The van der Waals surface area contributed by atoms with Crippen molar-refractivity contribution in [2.75, 3.05) is 20.3 Å². The van der Waals surface area contributed by atoms with E-state index in [0.29, 0.717) is 24.5 Å². The minimum atomic E-state index is -0.646. The molecule has 1 atom stereocenters. The molecule has 0 aliphatic heterocycles. The number of ether oxygens (including phenoxy) is 2. The zero-order chi connectivity index (χ0) is 22.2. The number of hydrogen-bond acceptors (Lipinski definition) is 4. The molecule has 0 bridgehead atoms. The number of rotatable bonds is 9. The Labute approximate surface area is 182 Å². The van der Waals surface area contributed by atoms with Crippen molar-refractivity contribution in [3.8, 4) is 11.5 Å². The monoisotopic (exact) mass is 420 g/mol. The normalized spacial score (nSPS) is 11.7. The lowest BCUT2D eigenvalue weighted by Gasteiger charge is -2.22. The molecule has 162 valence electrons. The van der Waals surface area contributed by atoms with Crippen LogP contribution in [0.2, 0.25) is 0 Å². The van der Waals surface area contributed by atoms with Crippen molar-refractivity contribution in [3.63, 3.8) is 0 Å². The van der Waals surface area contributed by atoms with E-state index in [1.165, 1.54) is 0 Å². The highest BCUT2D eigenvalue weighted by atomic mass is 16.5. The summed E-state index contributed by atoms with van der Waals surface area (Å²) in [4.78, 5) is 25.2. The number of amides is 2. The van der Waals surface area contributed by atoms with Crippen LogP contribution in [0.5, 0.6) is 11.5 Å². The molecule has 0 heterocycles. The SMILES string of the molecule is COc1ccc(C(=O)NC(C(=O)NCCOc2cccc3ccccc23)C(C)C)cc1. The maximum absolute atomic E-state index is 12.7. The first-order chi connectivity index (χ1) is 15.0. The zero-order valence-electron chi connectivity index (χ0n) is 18.1. The van der Waals surface area contributed by atoms with Crippen LogP contribution in [0.3, 0.4) is 0 Å². The third-order valence-corrected chi connectivity index (χ3v) is 5.00. The molecule has 6 nitrogen and oxygen atoms in total. The van der Waals surface area contributed by atoms with Gasteiger partial charge in [0.2, 0.25) is 5.91 Å². The molecule has 0 saturated heterocycles. The summed E-state index contributed by atoms with van der Waals surface area (Å²) in [5, 5.41) is 7.81. The molecule has 0 aliphatic rings. The van der Waals surface area contributed by atoms with Crippen molar-refractivity contribution in [1.82, 2.24) is 10.6 Å². The molecule has 1 unspecified atom stereocenters. The number of benzene rings is 3. The van der Waals surface area contributed by atoms with E-state index in [9.17, 15) is 9.59 Å². The number of nitrogens with one attached hydrogen (secondary N) is 2. The van der Waals surface area contributed by atoms with Crippen molar-refractivity contribution in [2.24, 2.45) is 5.92 Å². The third kappa shape index (κ3) is 5.75. The van der Waals surface area contributed by atoms with E-state index in [4.69, 9.17) is 9.47 Å². The minimum Gasteiger partial charge on any atom is -0.497 e. The Morgan fingerprint density at radius 2 is 1.65 bits per heavy atom. The highest BCUT2D eigenvalue weighted by molar-refractivity contribution is 5.97. The van der Waals surface area contributed by atoms with Crippen LogP contribution in [0.25, 0.3) is 10.8 Å². The predicted octanol–water partition coefficient (Wildman–Crippen LogP) is 3.80. The first-order valence-corrected chi connectivity index (χ1v) is 10.3. The molecule has 3 rings (SSSR count). The second-order valence-corrected chi connectivity index (χ2v) is 7.54. The summed E-state index contributed by atoms with van der Waals surface area (Å²) in [6.07, 6.45) is 0. The van der Waals surface area contributed by atoms with Gasteiger partial charge in [0.1, 0.15) is 24.1 Å². The number of carbonyl (C=O) groups is 2. The largest absolute Gasteiger partial charge is 0.497 e. The highest BCUT2D eigenvalue weighted by Crippen LogP contribution is 2.24. The van der Waals surface area contributed by atoms with Gasteiger partial charge in [-0.2, -0.15) is 0 Å². The van der Waals surface area contributed by atoms with Gasteiger partial charge in [-0.15, -0.1) is 0 Å². The molecule has 2 amide bonds. The molecule has 31 heavy (non-hydrogen) atoms. The first kappa shape index (κ1) is 22.2. The Bertz CT molecular complexity index is 1030. The second kappa shape index (κ2) is 10.5. The minimum absolute atomic E-state index is 0.0683. The van der Waals surface area contributed by atoms with E-state index in [-0.39, 0.29) is 17.7 Å². The fraction of sp³-hybridized carbons (Fsp3) is 0.280. The zero-order valence-corrected chi connectivity index (χ0v) is 18.1. The standard InChI is InChI=1S/C25H28N2O4/c1-17(2)23(27-24(28)19-11-13-20(30-3)14-12-19)25(29)26-15-16-31-22-10-6-8-18-7-4-5-9-21(18)22/h4-14,17,23H,15-16H2,1-3H3,(H,26,29)(H,27,28). The Balaban J connectivity index is 1.53. The molecule has 0 radical (unpaired) electrons. The van der Waals surface area contributed by atoms with Crippen molar-refractivity contribution in [3.05, 3.63) is 72.3 Å². The lowest BCUT2D eigenvalue weighted by Crippen LogP contribution is -2.50. The number of hydrogen-bond donors (Lipinski definition) is 2. The van der Waals surface area contributed by atoms with Gasteiger partial charge in [-0.3, -0.25) is 9.59 Å². The smallest absolute Gasteiger partial charge is 0.251 e. The molecule has 2 N–H and O–H groups in total. The molecule has 0 fully saturated rings. The summed E-state index contributed by atoms with van der Waals surface area (Å²) in [5.41, 5.74) is 0.471. The first-order valence-electron chi connectivity index (χ1n) is 10.3. The van der Waals surface area contributed by atoms with Gasteiger partial charge >= 0.3 is 0 Å². The van der Waals surface area contributed by atoms with Crippen LogP contribution in [-0.4, -0.2) is 38.1 Å². The summed E-state index contributed by atoms with van der Waals surface area (Å²) in [5.74, 6) is 0.838. The third-order valence-electron chi connectivity index (χ3n) is 5.00. The van der Waals surface area contributed by atoms with Crippen LogP contribution in [0.4, 0.5) is 0 Å². The van der Waals surface area contributed by atoms with Crippen LogP contribution >= 0.6 is 0 Å². The van der Waals surface area contributed by atoms with E-state index < -0.39 is 6.04 Å². The molecule has 3 aromatic rings. The molecule has 3 aromatic carbocycles. The van der Waals surface area contributed by atoms with Crippen molar-refractivity contribution >= 4 is 22.6 Å². The van der Waals surface area contributed by atoms with Crippen LogP contribution < -0.4 is 20.1 Å². The fourth-order valence-electron chi connectivity index (χ4n) is 3.27. The van der Waals surface area contributed by atoms with Gasteiger partial charge in [-0.05, 0) is 41.6 Å². The summed E-state index contributed by atoms with van der Waals surface area (Å²) in [6, 6.07) is 20.0. The molecule has 6 heteroatoms. The van der Waals surface area contributed by atoms with Gasteiger partial charge in [0.15, 0.2) is 0 Å². The van der Waals surface area contributed by atoms with Crippen molar-refractivity contribution in [2.45, 2.75) is 19.9 Å². The summed E-state index contributed by atoms with van der Waals surface area (Å²) < 4.78 is 11.0. The molecule has 0 aliphatic carbocycles. The van der Waals surface area contributed by atoms with Gasteiger partial charge in [0.25, 0.3) is 5.91 Å². The van der Waals surface area contributed by atoms with E-state index in [2.05, 4.69) is 10.6 Å². The summed E-state index contributed by atoms with van der Waals surface area (Å²) in [6.45, 7) is 4.46. The topological polar surface area (TPSA) is 76.7 Å². The quantitative estimate of drug-likeness (QED) is 0.516. The number of carbonyl (C=O) groups excluding carboxylic acids is 2. The van der Waals surface area contributed by atoms with Gasteiger partial charge in [0.05, 0.1) is 13.7 Å². The Hall–Kier alpha value is -3.54. The van der Waals surface area contributed by atoms with E-state index in [0.717, 1.165) is 16.5 Å². The van der Waals surface area contributed by atoms with Gasteiger partial charge < -0.3 is 20.1 Å². The Kier molecular flexibility index (Phi) is 7.49. The van der Waals surface area contributed by atoms with Crippen molar-refractivity contribution < 1.29 is 19.1 Å². The van der Waals surface area contributed by atoms with Gasteiger partial charge in [-0.25, -0.2) is 0 Å². The number of fused-ring (bicyclic) bond motifs is 1. The maximum Gasteiger partial charge on any atom is 0.251 e. The van der Waals surface area contributed by atoms with E-state index in [1.807, 2.05) is 56.3 Å². The van der Waals surface area contributed by atoms with Crippen LogP contribution in [0.1, 0.15) is 24.2 Å². The molecule has 0 aromatic heterocycles. The Morgan fingerprint density at radius 3 is 2.35 bits per heavy atom. The maximum atomic E-state index is 12.7. The number of methoxy groups -OCH3 is 1. The van der Waals surface area contributed by atoms with Crippen molar-refractivity contribution in [1.29, 1.82) is 0 Å². The summed E-state index contributed by atoms with van der Waals surface area (Å²) >= 11 is 0. The van der Waals surface area contributed by atoms with E-state index >= 15 is 0 Å². The molecule has 0 spiro atoms. The lowest BCUT2D eigenvalue weighted by molar-refractivity contribution is -0.124. The molecule has 0 saturated carbocycles. The van der Waals surface area contributed by atoms with Crippen LogP contribution in [-0.2, 0) is 4.79 Å². The Morgan fingerprint density at radius 1 is 0.935 bits per heavy atom. The van der Waals surface area contributed by atoms with E-state index in [1.54, 1.807) is 31.4 Å². The van der Waals surface area contributed by atoms with Crippen LogP contribution in [0, 0.1) is 5.92 Å². The van der Waals surface area contributed by atoms with Gasteiger partial charge in [0, 0.05) is 10.9 Å². The molecular weight excluding hydrogens is 392 g/mol. The highest BCUT2D eigenvalue weighted by Gasteiger charge is 2.24. The van der Waals surface area contributed by atoms with Gasteiger partial charge in [-0.1, -0.05) is 50.2 Å². The predicted molar refractivity (Wildman–Crippen MR) is 122 cm³/mol. The second-order valence-electron chi connectivity index (χ2n) is 7.54. The molecular formula is C25H28N2O4. The summed E-state index contributed by atoms with van der Waals surface area (Å²) in [7, 11) is 1.57. The fourth-order valence-corrected chi connectivity index (χ4v) is 3.27. The average molecular weight is 421 g/mol. The average Bonchev–Trinajstić information content (AvgIpc) is 2.79. The van der Waals surface area contributed by atoms with Crippen LogP contribution in [0.15, 0.2) is 66.7 Å².